The van der Waals surface area contributed by atoms with Crippen molar-refractivity contribution >= 4 is 27.9 Å². The molecule has 0 N–H and O–H groups in total. The highest BCUT2D eigenvalue weighted by molar-refractivity contribution is 7.15. The van der Waals surface area contributed by atoms with E-state index in [4.69, 9.17) is 0 Å². The van der Waals surface area contributed by atoms with E-state index < -0.39 is 16.9 Å². The summed E-state index contributed by atoms with van der Waals surface area (Å²) in [5.74, 6) is -0.686. The Morgan fingerprint density at radius 2 is 1.80 bits per heavy atom. The highest BCUT2D eigenvalue weighted by Crippen LogP contribution is 2.36. The summed E-state index contributed by atoms with van der Waals surface area (Å²) < 4.78 is 52.2. The van der Waals surface area contributed by atoms with Gasteiger partial charge in [0.2, 0.25) is 0 Å². The van der Waals surface area contributed by atoms with Crippen LogP contribution in [0.5, 0.6) is 0 Å². The summed E-state index contributed by atoms with van der Waals surface area (Å²) in [5.41, 5.74) is 0.696. The molecule has 0 atom stereocenters. The molecule has 3 rings (SSSR count). The molecule has 0 saturated carbocycles. The van der Waals surface area contributed by atoms with Crippen LogP contribution in [-0.2, 0) is 6.18 Å². The number of hydrogen-bond donors (Lipinski definition) is 0. The molecule has 1 saturated heterocycles. The van der Waals surface area contributed by atoms with E-state index in [0.717, 1.165) is 6.20 Å². The van der Waals surface area contributed by atoms with Gasteiger partial charge >= 0.3 is 6.18 Å². The van der Waals surface area contributed by atoms with Gasteiger partial charge in [-0.05, 0) is 25.1 Å². The number of thiazole rings is 1. The minimum Gasteiger partial charge on any atom is -0.366 e. The maximum absolute atomic E-state index is 14.2. The molecule has 0 spiro atoms. The maximum Gasteiger partial charge on any atom is 0.427 e. The quantitative estimate of drug-likeness (QED) is 0.605. The first kappa shape index (κ1) is 17.7. The fourth-order valence-corrected chi connectivity index (χ4v) is 3.50. The van der Waals surface area contributed by atoms with Gasteiger partial charge in [0, 0.05) is 31.7 Å². The molecule has 1 fully saturated rings. The first-order valence-electron chi connectivity index (χ1n) is 7.59. The van der Waals surface area contributed by atoms with Gasteiger partial charge in [-0.1, -0.05) is 11.3 Å². The molecule has 1 aromatic carbocycles. The van der Waals surface area contributed by atoms with Gasteiger partial charge in [-0.2, -0.15) is 13.2 Å². The monoisotopic (exact) mass is 373 g/mol. The lowest BCUT2D eigenvalue weighted by Gasteiger charge is -2.36. The Hall–Kier alpha value is -2.16. The van der Waals surface area contributed by atoms with Gasteiger partial charge in [0.25, 0.3) is 0 Å². The lowest BCUT2D eigenvalue weighted by Crippen LogP contribution is -2.46. The SMILES string of the molecule is CC(=O)c1ccc(N2CCN(c3ncc(C(F)(F)F)s3)CC2)c(F)c1. The van der Waals surface area contributed by atoms with Crippen LogP contribution in [0.2, 0.25) is 0 Å². The van der Waals surface area contributed by atoms with E-state index in [1.165, 1.54) is 13.0 Å². The molecule has 0 aliphatic carbocycles. The van der Waals surface area contributed by atoms with E-state index in [1.54, 1.807) is 17.0 Å². The number of carbonyl (C=O) groups excluding carboxylic acids is 1. The summed E-state index contributed by atoms with van der Waals surface area (Å²) in [5, 5.41) is 0.319. The van der Waals surface area contributed by atoms with E-state index in [1.807, 2.05) is 4.90 Å². The van der Waals surface area contributed by atoms with E-state index in [-0.39, 0.29) is 5.78 Å². The summed E-state index contributed by atoms with van der Waals surface area (Å²) >= 11 is 0.611. The van der Waals surface area contributed by atoms with Crippen molar-refractivity contribution in [3.05, 3.63) is 40.7 Å². The third-order valence-electron chi connectivity index (χ3n) is 4.02. The van der Waals surface area contributed by atoms with Crippen LogP contribution in [-0.4, -0.2) is 36.9 Å². The molecule has 9 heteroatoms. The van der Waals surface area contributed by atoms with Crippen molar-refractivity contribution in [3.63, 3.8) is 0 Å². The molecule has 2 heterocycles. The van der Waals surface area contributed by atoms with Crippen LogP contribution in [0.1, 0.15) is 22.2 Å². The van der Waals surface area contributed by atoms with Crippen LogP contribution < -0.4 is 9.80 Å². The summed E-state index contributed by atoms with van der Waals surface area (Å²) in [6.45, 7) is 3.17. The Morgan fingerprint density at radius 1 is 1.16 bits per heavy atom. The van der Waals surface area contributed by atoms with Gasteiger partial charge in [-0.15, -0.1) is 0 Å². The minimum atomic E-state index is -4.39. The minimum absolute atomic E-state index is 0.209. The Kier molecular flexibility index (Phi) is 4.68. The number of anilines is 2. The van der Waals surface area contributed by atoms with Gasteiger partial charge in [-0.3, -0.25) is 4.79 Å². The molecule has 2 aromatic rings. The highest BCUT2D eigenvalue weighted by Gasteiger charge is 2.34. The third kappa shape index (κ3) is 3.76. The number of rotatable bonds is 3. The smallest absolute Gasteiger partial charge is 0.366 e. The van der Waals surface area contributed by atoms with Crippen LogP contribution in [0, 0.1) is 5.82 Å². The zero-order valence-corrected chi connectivity index (χ0v) is 14.1. The number of ketones is 1. The predicted octanol–water partition coefficient (Wildman–Crippen LogP) is 3.83. The summed E-state index contributed by atoms with van der Waals surface area (Å²) in [4.78, 5) is 18.0. The van der Waals surface area contributed by atoms with Crippen LogP contribution in [0.15, 0.2) is 24.4 Å². The Balaban J connectivity index is 1.68. The standard InChI is InChI=1S/C16H15F4N3OS/c1-10(24)11-2-3-13(12(17)8-11)22-4-6-23(7-5-22)15-21-9-14(25-15)16(18,19)20/h2-3,8-9H,4-7H2,1H3. The highest BCUT2D eigenvalue weighted by atomic mass is 32.1. The molecule has 1 aliphatic heterocycles. The normalized spacial score (nSPS) is 15.6. The largest absolute Gasteiger partial charge is 0.427 e. The summed E-state index contributed by atoms with van der Waals surface area (Å²) in [7, 11) is 0. The van der Waals surface area contributed by atoms with Crippen molar-refractivity contribution in [2.24, 2.45) is 0 Å². The van der Waals surface area contributed by atoms with Crippen molar-refractivity contribution < 1.29 is 22.4 Å². The van der Waals surface area contributed by atoms with Crippen molar-refractivity contribution in [1.29, 1.82) is 0 Å². The molecular weight excluding hydrogens is 358 g/mol. The zero-order chi connectivity index (χ0) is 18.2. The van der Waals surface area contributed by atoms with Crippen LogP contribution in [0.4, 0.5) is 28.4 Å². The lowest BCUT2D eigenvalue weighted by molar-refractivity contribution is -0.134. The van der Waals surface area contributed by atoms with Gasteiger partial charge in [0.1, 0.15) is 10.7 Å². The van der Waals surface area contributed by atoms with Gasteiger partial charge in [0.05, 0.1) is 11.9 Å². The Labute approximate surface area is 145 Å². The molecule has 0 radical (unpaired) electrons. The first-order valence-corrected chi connectivity index (χ1v) is 8.41. The summed E-state index contributed by atoms with van der Waals surface area (Å²) in [6, 6.07) is 4.34. The number of nitrogens with zero attached hydrogens (tertiary/aromatic N) is 3. The third-order valence-corrected chi connectivity index (χ3v) is 5.12. The van der Waals surface area contributed by atoms with Gasteiger partial charge in [-0.25, -0.2) is 9.37 Å². The Bertz CT molecular complexity index is 782. The van der Waals surface area contributed by atoms with Crippen LogP contribution >= 0.6 is 11.3 Å². The summed E-state index contributed by atoms with van der Waals surface area (Å²) in [6.07, 6.45) is -3.55. The average molecular weight is 373 g/mol. The maximum atomic E-state index is 14.2. The number of piperazine rings is 1. The molecular formula is C16H15F4N3OS. The van der Waals surface area contributed by atoms with E-state index in [0.29, 0.717) is 53.9 Å². The van der Waals surface area contributed by atoms with Crippen molar-refractivity contribution in [2.45, 2.75) is 13.1 Å². The second-order valence-electron chi connectivity index (χ2n) is 5.70. The van der Waals surface area contributed by atoms with E-state index in [2.05, 4.69) is 4.98 Å². The predicted molar refractivity (Wildman–Crippen MR) is 87.9 cm³/mol. The van der Waals surface area contributed by atoms with Gasteiger partial charge in [0.15, 0.2) is 10.9 Å². The zero-order valence-electron chi connectivity index (χ0n) is 13.3. The van der Waals surface area contributed by atoms with E-state index >= 15 is 0 Å². The molecule has 134 valence electrons. The Morgan fingerprint density at radius 3 is 2.32 bits per heavy atom. The molecule has 0 amide bonds. The number of aromatic nitrogens is 1. The fourth-order valence-electron chi connectivity index (χ4n) is 2.66. The average Bonchev–Trinajstić information content (AvgIpc) is 3.05. The molecule has 1 aliphatic rings. The molecule has 0 unspecified atom stereocenters. The van der Waals surface area contributed by atoms with Crippen LogP contribution in [0.25, 0.3) is 0 Å². The fraction of sp³-hybridized carbons (Fsp3) is 0.375. The number of alkyl halides is 3. The molecule has 25 heavy (non-hydrogen) atoms. The number of halogens is 4. The van der Waals surface area contributed by atoms with Crippen LogP contribution in [0.3, 0.4) is 0 Å². The van der Waals surface area contributed by atoms with Gasteiger partial charge < -0.3 is 9.80 Å². The topological polar surface area (TPSA) is 36.4 Å². The van der Waals surface area contributed by atoms with Crippen molar-refractivity contribution in [2.75, 3.05) is 36.0 Å². The number of hydrogen-bond acceptors (Lipinski definition) is 5. The lowest BCUT2D eigenvalue weighted by atomic mass is 10.1. The second-order valence-corrected chi connectivity index (χ2v) is 6.71. The van der Waals surface area contributed by atoms with E-state index in [9.17, 15) is 22.4 Å². The van der Waals surface area contributed by atoms with Crippen molar-refractivity contribution in [3.8, 4) is 0 Å². The molecule has 0 bridgehead atoms. The first-order chi connectivity index (χ1) is 11.8. The second kappa shape index (κ2) is 6.62. The molecule has 4 nitrogen and oxygen atoms in total. The number of Topliss-reactive ketones (excluding diaryl/α,β-unsaturated/α-hetero) is 1. The molecule has 1 aromatic heterocycles. The number of benzene rings is 1. The number of carbonyl (C=O) groups is 1. The van der Waals surface area contributed by atoms with Crippen molar-refractivity contribution in [1.82, 2.24) is 4.98 Å².